The van der Waals surface area contributed by atoms with Crippen molar-refractivity contribution in [1.82, 2.24) is 0 Å². The fourth-order valence-electron chi connectivity index (χ4n) is 8.98. The van der Waals surface area contributed by atoms with Crippen LogP contribution in [-0.2, 0) is 5.41 Å². The molecular formula is C55H40. The van der Waals surface area contributed by atoms with Crippen LogP contribution in [0.25, 0.3) is 87.6 Å². The van der Waals surface area contributed by atoms with E-state index in [2.05, 4.69) is 220 Å². The molecule has 0 heterocycles. The molecule has 0 fully saturated rings. The summed E-state index contributed by atoms with van der Waals surface area (Å²) in [7, 11) is 0. The van der Waals surface area contributed by atoms with Crippen molar-refractivity contribution in [3.05, 3.63) is 217 Å². The zero-order valence-corrected chi connectivity index (χ0v) is 31.1. The SMILES string of the molecule is CC(C)(c1ccc(-c2c3ccccc3c(-c3ccccc3)c3ccccc23)cc1)c1ccc(-c2c3ccccc3c(-c3ccccc3)c3ccccc23)cc1. The van der Waals surface area contributed by atoms with E-state index in [9.17, 15) is 0 Å². The fourth-order valence-corrected chi connectivity index (χ4v) is 8.98. The van der Waals surface area contributed by atoms with Crippen molar-refractivity contribution in [2.24, 2.45) is 0 Å². The molecule has 0 aromatic heterocycles. The van der Waals surface area contributed by atoms with Crippen LogP contribution < -0.4 is 0 Å². The standard InChI is InChI=1S/C55H40/c1-55(2,41-33-29-39(30-34-41)53-47-25-13-9-21-43(47)51(37-17-5-3-6-18-37)44-22-10-14-26-48(44)53)42-35-31-40(32-36-42)54-49-27-15-11-23-45(49)52(38-19-7-4-8-20-38)46-24-12-16-28-50(46)54/h3-36H,1-2H3. The van der Waals surface area contributed by atoms with Crippen LogP contribution >= 0.6 is 0 Å². The minimum Gasteiger partial charge on any atom is -0.0622 e. The Bertz CT molecular complexity index is 2680. The van der Waals surface area contributed by atoms with Gasteiger partial charge in [-0.2, -0.15) is 0 Å². The molecule has 0 atom stereocenters. The highest BCUT2D eigenvalue weighted by Gasteiger charge is 2.25. The molecular weight excluding hydrogens is 661 g/mol. The average Bonchev–Trinajstić information content (AvgIpc) is 3.25. The second-order valence-electron chi connectivity index (χ2n) is 15.2. The van der Waals surface area contributed by atoms with Gasteiger partial charge in [-0.05, 0) is 98.7 Å². The molecule has 55 heavy (non-hydrogen) atoms. The molecule has 0 nitrogen and oxygen atoms in total. The minimum atomic E-state index is -0.195. The molecule has 0 saturated carbocycles. The molecule has 0 aliphatic heterocycles. The van der Waals surface area contributed by atoms with Crippen LogP contribution in [0.15, 0.2) is 206 Å². The summed E-state index contributed by atoms with van der Waals surface area (Å²) in [5.74, 6) is 0. The van der Waals surface area contributed by atoms with Crippen LogP contribution in [0.2, 0.25) is 0 Å². The first-order valence-corrected chi connectivity index (χ1v) is 19.3. The first-order valence-electron chi connectivity index (χ1n) is 19.3. The predicted octanol–water partition coefficient (Wildman–Crippen LogP) is 15.3. The number of benzene rings is 10. The summed E-state index contributed by atoms with van der Waals surface area (Å²) in [6, 6.07) is 75.8. The quantitative estimate of drug-likeness (QED) is 0.152. The van der Waals surface area contributed by atoms with Gasteiger partial charge in [0, 0.05) is 5.41 Å². The second kappa shape index (κ2) is 13.3. The Balaban J connectivity index is 1.05. The smallest absolute Gasteiger partial charge is 0.0146 e. The summed E-state index contributed by atoms with van der Waals surface area (Å²) < 4.78 is 0. The van der Waals surface area contributed by atoms with E-state index in [4.69, 9.17) is 0 Å². The van der Waals surface area contributed by atoms with Crippen molar-refractivity contribution in [3.8, 4) is 44.5 Å². The van der Waals surface area contributed by atoms with Crippen LogP contribution in [0.5, 0.6) is 0 Å². The average molecular weight is 701 g/mol. The molecule has 10 rings (SSSR count). The minimum absolute atomic E-state index is 0.195. The van der Waals surface area contributed by atoms with Crippen LogP contribution in [-0.4, -0.2) is 0 Å². The van der Waals surface area contributed by atoms with Gasteiger partial charge in [-0.25, -0.2) is 0 Å². The maximum Gasteiger partial charge on any atom is 0.0146 e. The van der Waals surface area contributed by atoms with E-state index >= 15 is 0 Å². The maximum atomic E-state index is 2.34. The third-order valence-corrected chi connectivity index (χ3v) is 11.8. The second-order valence-corrected chi connectivity index (χ2v) is 15.2. The van der Waals surface area contributed by atoms with Crippen molar-refractivity contribution in [1.29, 1.82) is 0 Å². The van der Waals surface area contributed by atoms with Gasteiger partial charge in [0.05, 0.1) is 0 Å². The zero-order chi connectivity index (χ0) is 36.9. The molecule has 0 heteroatoms. The predicted molar refractivity (Wildman–Crippen MR) is 237 cm³/mol. The van der Waals surface area contributed by atoms with Crippen molar-refractivity contribution in [2.45, 2.75) is 19.3 Å². The van der Waals surface area contributed by atoms with Crippen molar-refractivity contribution >= 4 is 43.1 Å². The number of hydrogen-bond donors (Lipinski definition) is 0. The van der Waals surface area contributed by atoms with E-state index in [1.165, 1.54) is 98.7 Å². The molecule has 10 aromatic carbocycles. The summed E-state index contributed by atoms with van der Waals surface area (Å²) in [5, 5.41) is 10.2. The third-order valence-electron chi connectivity index (χ3n) is 11.8. The van der Waals surface area contributed by atoms with Gasteiger partial charge in [0.25, 0.3) is 0 Å². The highest BCUT2D eigenvalue weighted by atomic mass is 14.3. The lowest BCUT2D eigenvalue weighted by atomic mass is 9.77. The van der Waals surface area contributed by atoms with E-state index in [-0.39, 0.29) is 5.41 Å². The summed E-state index contributed by atoms with van der Waals surface area (Å²) in [5.41, 5.74) is 12.5. The van der Waals surface area contributed by atoms with Crippen LogP contribution in [0.1, 0.15) is 25.0 Å². The summed E-state index contributed by atoms with van der Waals surface area (Å²) in [6.45, 7) is 4.69. The van der Waals surface area contributed by atoms with Gasteiger partial charge in [-0.3, -0.25) is 0 Å². The molecule has 0 aliphatic carbocycles. The summed E-state index contributed by atoms with van der Waals surface area (Å²) in [4.78, 5) is 0. The normalized spacial score (nSPS) is 11.8. The molecule has 0 amide bonds. The lowest BCUT2D eigenvalue weighted by molar-refractivity contribution is 0.641. The van der Waals surface area contributed by atoms with E-state index in [1.54, 1.807) is 0 Å². The first-order chi connectivity index (χ1) is 27.1. The molecule has 0 N–H and O–H groups in total. The van der Waals surface area contributed by atoms with Crippen LogP contribution in [0, 0.1) is 0 Å². The van der Waals surface area contributed by atoms with Crippen molar-refractivity contribution in [2.75, 3.05) is 0 Å². The van der Waals surface area contributed by atoms with Gasteiger partial charge in [0.1, 0.15) is 0 Å². The van der Waals surface area contributed by atoms with E-state index in [0.717, 1.165) is 0 Å². The van der Waals surface area contributed by atoms with E-state index in [1.807, 2.05) is 0 Å². The molecule has 0 unspecified atom stereocenters. The van der Waals surface area contributed by atoms with E-state index in [0.29, 0.717) is 0 Å². The van der Waals surface area contributed by atoms with Gasteiger partial charge >= 0.3 is 0 Å². The topological polar surface area (TPSA) is 0 Å². The Morgan fingerprint density at radius 3 is 0.655 bits per heavy atom. The van der Waals surface area contributed by atoms with E-state index < -0.39 is 0 Å². The Morgan fingerprint density at radius 2 is 0.418 bits per heavy atom. The first kappa shape index (κ1) is 32.9. The highest BCUT2D eigenvalue weighted by Crippen LogP contribution is 2.46. The Kier molecular flexibility index (Phi) is 7.93. The molecule has 0 saturated heterocycles. The Labute approximate surface area is 323 Å². The number of rotatable bonds is 6. The molecule has 0 aliphatic rings. The molecule has 0 spiro atoms. The van der Waals surface area contributed by atoms with Crippen LogP contribution in [0.4, 0.5) is 0 Å². The monoisotopic (exact) mass is 700 g/mol. The van der Waals surface area contributed by atoms with Crippen LogP contribution in [0.3, 0.4) is 0 Å². The molecule has 260 valence electrons. The number of hydrogen-bond acceptors (Lipinski definition) is 0. The molecule has 10 aromatic rings. The lowest BCUT2D eigenvalue weighted by Crippen LogP contribution is -2.18. The molecule has 0 bridgehead atoms. The largest absolute Gasteiger partial charge is 0.0622 e. The highest BCUT2D eigenvalue weighted by molar-refractivity contribution is 6.22. The van der Waals surface area contributed by atoms with Gasteiger partial charge in [0.2, 0.25) is 0 Å². The van der Waals surface area contributed by atoms with Gasteiger partial charge in [0.15, 0.2) is 0 Å². The van der Waals surface area contributed by atoms with Crippen molar-refractivity contribution < 1.29 is 0 Å². The maximum absolute atomic E-state index is 2.34. The van der Waals surface area contributed by atoms with Gasteiger partial charge < -0.3 is 0 Å². The van der Waals surface area contributed by atoms with Crippen molar-refractivity contribution in [3.63, 3.8) is 0 Å². The number of fused-ring (bicyclic) bond motifs is 4. The zero-order valence-electron chi connectivity index (χ0n) is 31.1. The Morgan fingerprint density at radius 1 is 0.218 bits per heavy atom. The fraction of sp³-hybridized carbons (Fsp3) is 0.0545. The summed E-state index contributed by atoms with van der Waals surface area (Å²) in [6.07, 6.45) is 0. The third kappa shape index (κ3) is 5.45. The van der Waals surface area contributed by atoms with Gasteiger partial charge in [-0.15, -0.1) is 0 Å². The lowest BCUT2D eigenvalue weighted by Gasteiger charge is -2.27. The van der Waals surface area contributed by atoms with Gasteiger partial charge in [-0.1, -0.05) is 220 Å². The Hall–Kier alpha value is -6.76. The summed E-state index contributed by atoms with van der Waals surface area (Å²) >= 11 is 0. The molecule has 0 radical (unpaired) electrons.